The summed E-state index contributed by atoms with van der Waals surface area (Å²) in [6.45, 7) is 2.40. The van der Waals surface area contributed by atoms with Gasteiger partial charge in [-0.2, -0.15) is 0 Å². The number of hydrogen-bond donors (Lipinski definition) is 1. The van der Waals surface area contributed by atoms with Gasteiger partial charge in [-0.15, -0.1) is 0 Å². The molecule has 0 aliphatic rings. The Bertz CT molecular complexity index is 1100. The molecule has 4 aromatic rings. The van der Waals surface area contributed by atoms with Crippen LogP contribution < -0.4 is 5.56 Å². The molecule has 6 heteroatoms. The second kappa shape index (κ2) is 5.21. The smallest absolute Gasteiger partial charge is 0.258 e. The fourth-order valence-electron chi connectivity index (χ4n) is 2.78. The van der Waals surface area contributed by atoms with E-state index in [1.54, 1.807) is 18.2 Å². The number of nitrogens with one attached hydrogen (secondary N) is 1. The van der Waals surface area contributed by atoms with Crippen LogP contribution >= 0.6 is 11.6 Å². The molecule has 2 aromatic carbocycles. The summed E-state index contributed by atoms with van der Waals surface area (Å²) in [6.07, 6.45) is 0. The molecule has 4 rings (SSSR count). The number of aromatic amines is 1. The van der Waals surface area contributed by atoms with Crippen LogP contribution in [0, 0.1) is 6.92 Å². The standard InChI is InChI=1S/C17H13ClN4O/c1-10-19-14-4-2-3-5-15(14)22(10)9-16-20-13-7-6-11(18)8-12(13)17(23)21-16/h2-8H,9H2,1H3,(H,20,21,23). The summed E-state index contributed by atoms with van der Waals surface area (Å²) in [4.78, 5) is 24.2. The Morgan fingerprint density at radius 1 is 1.13 bits per heavy atom. The second-order valence-electron chi connectivity index (χ2n) is 5.41. The highest BCUT2D eigenvalue weighted by Crippen LogP contribution is 2.18. The highest BCUT2D eigenvalue weighted by atomic mass is 35.5. The zero-order chi connectivity index (χ0) is 16.0. The lowest BCUT2D eigenvalue weighted by Gasteiger charge is -2.07. The number of aromatic nitrogens is 4. The van der Waals surface area contributed by atoms with Crippen LogP contribution in [0.25, 0.3) is 21.9 Å². The molecule has 0 saturated carbocycles. The van der Waals surface area contributed by atoms with Crippen molar-refractivity contribution in [3.8, 4) is 0 Å². The van der Waals surface area contributed by atoms with Gasteiger partial charge in [0.1, 0.15) is 11.6 Å². The Labute approximate surface area is 136 Å². The molecule has 0 aliphatic carbocycles. The van der Waals surface area contributed by atoms with Gasteiger partial charge >= 0.3 is 0 Å². The molecule has 0 amide bonds. The van der Waals surface area contributed by atoms with Gasteiger partial charge in [0.25, 0.3) is 5.56 Å². The zero-order valence-corrected chi connectivity index (χ0v) is 13.1. The van der Waals surface area contributed by atoms with E-state index < -0.39 is 0 Å². The van der Waals surface area contributed by atoms with E-state index in [0.29, 0.717) is 28.3 Å². The van der Waals surface area contributed by atoms with E-state index >= 15 is 0 Å². The lowest BCUT2D eigenvalue weighted by molar-refractivity contribution is 0.738. The molecule has 114 valence electrons. The van der Waals surface area contributed by atoms with Gasteiger partial charge in [0, 0.05) is 5.02 Å². The molecule has 0 fully saturated rings. The largest absolute Gasteiger partial charge is 0.321 e. The molecule has 5 nitrogen and oxygen atoms in total. The number of hydrogen-bond acceptors (Lipinski definition) is 3. The second-order valence-corrected chi connectivity index (χ2v) is 5.84. The first-order valence-corrected chi connectivity index (χ1v) is 7.60. The fraction of sp³-hybridized carbons (Fsp3) is 0.118. The maximum absolute atomic E-state index is 12.2. The van der Waals surface area contributed by atoms with Gasteiger partial charge in [-0.3, -0.25) is 4.79 Å². The number of aryl methyl sites for hydroxylation is 1. The number of rotatable bonds is 2. The molecular weight excluding hydrogens is 312 g/mol. The summed E-state index contributed by atoms with van der Waals surface area (Å²) in [5.74, 6) is 1.47. The SMILES string of the molecule is Cc1nc2ccccc2n1Cc1nc2ccc(Cl)cc2c(=O)[nH]1. The molecule has 1 N–H and O–H groups in total. The zero-order valence-electron chi connectivity index (χ0n) is 12.4. The summed E-state index contributed by atoms with van der Waals surface area (Å²) in [5, 5.41) is 1.02. The van der Waals surface area contributed by atoms with Crippen LogP contribution in [-0.4, -0.2) is 19.5 Å². The Balaban J connectivity index is 1.85. The van der Waals surface area contributed by atoms with Crippen molar-refractivity contribution in [1.29, 1.82) is 0 Å². The van der Waals surface area contributed by atoms with Crippen LogP contribution in [0.2, 0.25) is 5.02 Å². The lowest BCUT2D eigenvalue weighted by atomic mass is 10.2. The predicted molar refractivity (Wildman–Crippen MR) is 90.9 cm³/mol. The number of benzene rings is 2. The normalized spacial score (nSPS) is 11.4. The average molecular weight is 325 g/mol. The third-order valence-corrected chi connectivity index (χ3v) is 4.10. The first-order valence-electron chi connectivity index (χ1n) is 7.22. The summed E-state index contributed by atoms with van der Waals surface area (Å²) in [6, 6.07) is 13.0. The molecule has 2 aromatic heterocycles. The van der Waals surface area contributed by atoms with E-state index in [0.717, 1.165) is 16.9 Å². The third-order valence-electron chi connectivity index (χ3n) is 3.87. The molecule has 0 aliphatic heterocycles. The van der Waals surface area contributed by atoms with Gasteiger partial charge in [-0.25, -0.2) is 9.97 Å². The van der Waals surface area contributed by atoms with Crippen LogP contribution in [0.15, 0.2) is 47.3 Å². The first-order chi connectivity index (χ1) is 11.1. The maximum Gasteiger partial charge on any atom is 0.258 e. The fourth-order valence-corrected chi connectivity index (χ4v) is 2.95. The van der Waals surface area contributed by atoms with Crippen LogP contribution in [-0.2, 0) is 6.54 Å². The maximum atomic E-state index is 12.2. The van der Waals surface area contributed by atoms with Gasteiger partial charge in [0.05, 0.1) is 28.5 Å². The number of H-pyrrole nitrogens is 1. The van der Waals surface area contributed by atoms with Crippen molar-refractivity contribution in [3.05, 3.63) is 69.5 Å². The van der Waals surface area contributed by atoms with E-state index in [4.69, 9.17) is 11.6 Å². The molecule has 0 spiro atoms. The van der Waals surface area contributed by atoms with E-state index in [1.807, 2.05) is 35.8 Å². The molecule has 23 heavy (non-hydrogen) atoms. The monoisotopic (exact) mass is 324 g/mol. The Morgan fingerprint density at radius 3 is 2.83 bits per heavy atom. The van der Waals surface area contributed by atoms with Crippen LogP contribution in [0.3, 0.4) is 0 Å². The van der Waals surface area contributed by atoms with E-state index in [2.05, 4.69) is 15.0 Å². The summed E-state index contributed by atoms with van der Waals surface area (Å²) >= 11 is 5.94. The van der Waals surface area contributed by atoms with Crippen molar-refractivity contribution in [2.75, 3.05) is 0 Å². The Kier molecular flexibility index (Phi) is 3.16. The van der Waals surface area contributed by atoms with E-state index in [1.165, 1.54) is 0 Å². The van der Waals surface area contributed by atoms with Crippen molar-refractivity contribution in [1.82, 2.24) is 19.5 Å². The predicted octanol–water partition coefficient (Wildman–Crippen LogP) is 3.28. The van der Waals surface area contributed by atoms with Crippen molar-refractivity contribution >= 4 is 33.5 Å². The molecule has 0 atom stereocenters. The van der Waals surface area contributed by atoms with Gasteiger partial charge in [-0.05, 0) is 37.3 Å². The van der Waals surface area contributed by atoms with Crippen LogP contribution in [0.4, 0.5) is 0 Å². The summed E-state index contributed by atoms with van der Waals surface area (Å²) in [5.41, 5.74) is 2.40. The Morgan fingerprint density at radius 2 is 1.96 bits per heavy atom. The minimum Gasteiger partial charge on any atom is -0.321 e. The number of fused-ring (bicyclic) bond motifs is 2. The quantitative estimate of drug-likeness (QED) is 0.615. The molecule has 0 bridgehead atoms. The lowest BCUT2D eigenvalue weighted by Crippen LogP contribution is -2.15. The highest BCUT2D eigenvalue weighted by molar-refractivity contribution is 6.31. The third kappa shape index (κ3) is 2.39. The minimum atomic E-state index is -0.186. The van der Waals surface area contributed by atoms with Crippen LogP contribution in [0.1, 0.15) is 11.6 Å². The van der Waals surface area contributed by atoms with Gasteiger partial charge < -0.3 is 9.55 Å². The number of halogens is 1. The van der Waals surface area contributed by atoms with Gasteiger partial charge in [0.2, 0.25) is 0 Å². The highest BCUT2D eigenvalue weighted by Gasteiger charge is 2.10. The molecule has 2 heterocycles. The summed E-state index contributed by atoms with van der Waals surface area (Å²) < 4.78 is 2.04. The van der Waals surface area contributed by atoms with Crippen LogP contribution in [0.5, 0.6) is 0 Å². The topological polar surface area (TPSA) is 63.6 Å². The molecule has 0 unspecified atom stereocenters. The van der Waals surface area contributed by atoms with Gasteiger partial charge in [0.15, 0.2) is 0 Å². The Hall–Kier alpha value is -2.66. The molecule has 0 saturated heterocycles. The number of imidazole rings is 1. The van der Waals surface area contributed by atoms with E-state index in [9.17, 15) is 4.79 Å². The first kappa shape index (κ1) is 14.0. The van der Waals surface area contributed by atoms with E-state index in [-0.39, 0.29) is 5.56 Å². The number of nitrogens with zero attached hydrogens (tertiary/aromatic N) is 3. The van der Waals surface area contributed by atoms with Crippen molar-refractivity contribution in [2.45, 2.75) is 13.5 Å². The van der Waals surface area contributed by atoms with Crippen molar-refractivity contribution < 1.29 is 0 Å². The van der Waals surface area contributed by atoms with Gasteiger partial charge in [-0.1, -0.05) is 23.7 Å². The molecule has 0 radical (unpaired) electrons. The van der Waals surface area contributed by atoms with Crippen molar-refractivity contribution in [3.63, 3.8) is 0 Å². The average Bonchev–Trinajstić information content (AvgIpc) is 2.84. The van der Waals surface area contributed by atoms with Crippen molar-refractivity contribution in [2.24, 2.45) is 0 Å². The minimum absolute atomic E-state index is 0.186. The number of para-hydroxylation sites is 2. The summed E-state index contributed by atoms with van der Waals surface area (Å²) in [7, 11) is 0. The molecular formula is C17H13ClN4O.